The monoisotopic (exact) mass is 257 g/mol. The molecule has 0 radical (unpaired) electrons. The molecule has 5 heteroatoms. The number of carbonyl (C=O) groups is 2. The van der Waals surface area contributed by atoms with Crippen molar-refractivity contribution < 1.29 is 14.7 Å². The maximum Gasteiger partial charge on any atom is 0.307 e. The first-order valence-corrected chi connectivity index (χ1v) is 7.14. The van der Waals surface area contributed by atoms with E-state index in [9.17, 15) is 9.59 Å². The lowest BCUT2D eigenvalue weighted by Crippen LogP contribution is -2.45. The number of hydrogen-bond acceptors (Lipinski definition) is 3. The Bertz CT molecular complexity index is 356. The van der Waals surface area contributed by atoms with E-state index in [1.165, 1.54) is 0 Å². The molecule has 0 bridgehead atoms. The molecule has 2 aliphatic rings. The third-order valence-corrected chi connectivity index (χ3v) is 5.20. The van der Waals surface area contributed by atoms with Gasteiger partial charge in [0, 0.05) is 24.1 Å². The van der Waals surface area contributed by atoms with Gasteiger partial charge in [0.2, 0.25) is 5.91 Å². The lowest BCUT2D eigenvalue weighted by Gasteiger charge is -2.33. The summed E-state index contributed by atoms with van der Waals surface area (Å²) in [4.78, 5) is 25.3. The minimum atomic E-state index is -0.840. The van der Waals surface area contributed by atoms with Gasteiger partial charge in [0.25, 0.3) is 0 Å². The van der Waals surface area contributed by atoms with Gasteiger partial charge in [-0.1, -0.05) is 13.8 Å². The van der Waals surface area contributed by atoms with Gasteiger partial charge < -0.3 is 10.0 Å². The molecule has 1 amide bonds. The summed E-state index contributed by atoms with van der Waals surface area (Å²) in [6, 6.07) is 0.229. The van der Waals surface area contributed by atoms with Gasteiger partial charge in [0.1, 0.15) is 0 Å². The number of amides is 1. The molecule has 1 aliphatic carbocycles. The van der Waals surface area contributed by atoms with E-state index in [4.69, 9.17) is 5.11 Å². The first-order valence-electron chi connectivity index (χ1n) is 5.98. The first-order chi connectivity index (χ1) is 7.87. The Balaban J connectivity index is 2.08. The number of carboxylic acids is 1. The van der Waals surface area contributed by atoms with Crippen LogP contribution in [0.1, 0.15) is 20.8 Å². The zero-order valence-electron chi connectivity index (χ0n) is 10.5. The summed E-state index contributed by atoms with van der Waals surface area (Å²) in [5.41, 5.74) is -0.382. The summed E-state index contributed by atoms with van der Waals surface area (Å²) in [6.45, 7) is 6.54. The van der Waals surface area contributed by atoms with E-state index in [1.807, 2.05) is 37.4 Å². The van der Waals surface area contributed by atoms with Gasteiger partial charge in [-0.05, 0) is 12.3 Å². The summed E-state index contributed by atoms with van der Waals surface area (Å²) in [5.74, 6) is 0.280. The predicted molar refractivity (Wildman–Crippen MR) is 66.9 cm³/mol. The number of thioether (sulfide) groups is 1. The molecule has 1 aliphatic heterocycles. The van der Waals surface area contributed by atoms with Crippen LogP contribution < -0.4 is 0 Å². The van der Waals surface area contributed by atoms with Crippen LogP contribution in [0.4, 0.5) is 0 Å². The van der Waals surface area contributed by atoms with Crippen molar-refractivity contribution in [3.05, 3.63) is 0 Å². The molecule has 1 heterocycles. The highest BCUT2D eigenvalue weighted by Gasteiger charge is 2.66. The minimum absolute atomic E-state index is 0.0372. The highest BCUT2D eigenvalue weighted by Crippen LogP contribution is 2.59. The van der Waals surface area contributed by atoms with E-state index in [0.29, 0.717) is 0 Å². The first kappa shape index (κ1) is 12.7. The normalized spacial score (nSPS) is 35.5. The van der Waals surface area contributed by atoms with Crippen LogP contribution in [0.3, 0.4) is 0 Å². The molecule has 17 heavy (non-hydrogen) atoms. The van der Waals surface area contributed by atoms with E-state index in [1.54, 1.807) is 0 Å². The fraction of sp³-hybridized carbons (Fsp3) is 0.833. The van der Waals surface area contributed by atoms with Crippen molar-refractivity contribution in [3.63, 3.8) is 0 Å². The van der Waals surface area contributed by atoms with E-state index in [-0.39, 0.29) is 23.3 Å². The lowest BCUT2D eigenvalue weighted by molar-refractivity contribution is -0.142. The third kappa shape index (κ3) is 2.05. The van der Waals surface area contributed by atoms with Gasteiger partial charge in [0.15, 0.2) is 0 Å². The zero-order chi connectivity index (χ0) is 12.8. The average Bonchev–Trinajstić information content (AvgIpc) is 2.81. The quantitative estimate of drug-likeness (QED) is 0.810. The van der Waals surface area contributed by atoms with Crippen LogP contribution in [0.25, 0.3) is 0 Å². The Morgan fingerprint density at radius 2 is 2.00 bits per heavy atom. The average molecular weight is 257 g/mol. The summed E-state index contributed by atoms with van der Waals surface area (Å²) >= 11 is 1.85. The maximum atomic E-state index is 12.4. The van der Waals surface area contributed by atoms with Crippen molar-refractivity contribution in [2.24, 2.45) is 17.3 Å². The van der Waals surface area contributed by atoms with Crippen molar-refractivity contribution in [3.8, 4) is 0 Å². The summed E-state index contributed by atoms with van der Waals surface area (Å²) in [7, 11) is 0. The molecular weight excluding hydrogens is 238 g/mol. The molecule has 4 nitrogen and oxygen atoms in total. The van der Waals surface area contributed by atoms with Crippen molar-refractivity contribution in [2.45, 2.75) is 26.8 Å². The molecule has 1 saturated heterocycles. The van der Waals surface area contributed by atoms with Gasteiger partial charge >= 0.3 is 5.97 Å². The Labute approximate surface area is 106 Å². The molecule has 3 atom stereocenters. The van der Waals surface area contributed by atoms with E-state index in [0.717, 1.165) is 18.1 Å². The number of aliphatic carboxylic acids is 1. The lowest BCUT2D eigenvalue weighted by atomic mass is 10.1. The number of hydrogen-bond donors (Lipinski definition) is 1. The van der Waals surface area contributed by atoms with Crippen LogP contribution in [-0.4, -0.2) is 46.0 Å². The number of nitrogens with zero attached hydrogens (tertiary/aromatic N) is 1. The fourth-order valence-corrected chi connectivity index (χ4v) is 3.81. The minimum Gasteiger partial charge on any atom is -0.481 e. The van der Waals surface area contributed by atoms with Crippen LogP contribution in [0.15, 0.2) is 0 Å². The van der Waals surface area contributed by atoms with Crippen molar-refractivity contribution in [1.82, 2.24) is 4.90 Å². The van der Waals surface area contributed by atoms with E-state index < -0.39 is 11.9 Å². The molecule has 2 fully saturated rings. The molecule has 0 aromatic rings. The molecule has 1 unspecified atom stereocenters. The van der Waals surface area contributed by atoms with E-state index >= 15 is 0 Å². The highest BCUT2D eigenvalue weighted by atomic mass is 32.2. The van der Waals surface area contributed by atoms with Crippen LogP contribution in [-0.2, 0) is 9.59 Å². The van der Waals surface area contributed by atoms with Gasteiger partial charge in [0.05, 0.1) is 11.8 Å². The topological polar surface area (TPSA) is 57.6 Å². The molecule has 1 N–H and O–H groups in total. The predicted octanol–water partition coefficient (Wildman–Crippen LogP) is 1.31. The van der Waals surface area contributed by atoms with Crippen LogP contribution in [0.2, 0.25) is 0 Å². The van der Waals surface area contributed by atoms with Crippen LogP contribution in [0.5, 0.6) is 0 Å². The number of carbonyl (C=O) groups excluding carboxylic acids is 1. The number of carboxylic acid groups (broad SMARTS) is 1. The standard InChI is InChI=1S/C12H19NO3S/c1-7-6-17-5-4-13(7)10(14)8-9(11(15)16)12(8,2)3/h7-9H,4-6H2,1-3H3,(H,15,16)/t7?,8-,9+/m1/s1. The smallest absolute Gasteiger partial charge is 0.307 e. The Morgan fingerprint density at radius 3 is 2.47 bits per heavy atom. The molecule has 2 rings (SSSR count). The number of rotatable bonds is 2. The molecular formula is C12H19NO3S. The molecule has 96 valence electrons. The second-order valence-corrected chi connectivity index (χ2v) is 6.72. The van der Waals surface area contributed by atoms with Crippen molar-refractivity contribution in [2.75, 3.05) is 18.1 Å². The second-order valence-electron chi connectivity index (χ2n) is 5.57. The van der Waals surface area contributed by atoms with Crippen LogP contribution in [0, 0.1) is 17.3 Å². The second kappa shape index (κ2) is 4.19. The maximum absolute atomic E-state index is 12.4. The fourth-order valence-electron chi connectivity index (χ4n) is 2.79. The van der Waals surface area contributed by atoms with Gasteiger partial charge in [-0.25, -0.2) is 0 Å². The van der Waals surface area contributed by atoms with Crippen molar-refractivity contribution in [1.29, 1.82) is 0 Å². The molecule has 0 aromatic heterocycles. The SMILES string of the molecule is CC1CSCCN1C(=O)[C@H]1[C@@H](C(=O)O)C1(C)C. The summed E-state index contributed by atoms with van der Waals surface area (Å²) in [5, 5.41) is 9.10. The molecule has 1 saturated carbocycles. The van der Waals surface area contributed by atoms with Gasteiger partial charge in [-0.2, -0.15) is 11.8 Å². The Hall–Kier alpha value is -0.710. The van der Waals surface area contributed by atoms with Gasteiger partial charge in [-0.15, -0.1) is 0 Å². The zero-order valence-corrected chi connectivity index (χ0v) is 11.3. The van der Waals surface area contributed by atoms with Gasteiger partial charge in [-0.3, -0.25) is 9.59 Å². The molecule has 0 aromatic carbocycles. The van der Waals surface area contributed by atoms with Crippen LogP contribution >= 0.6 is 11.8 Å². The van der Waals surface area contributed by atoms with E-state index in [2.05, 4.69) is 0 Å². The highest BCUT2D eigenvalue weighted by molar-refractivity contribution is 7.99. The third-order valence-electron chi connectivity index (χ3n) is 4.01. The Morgan fingerprint density at radius 1 is 1.35 bits per heavy atom. The molecule has 0 spiro atoms. The Kier molecular flexibility index (Phi) is 3.14. The largest absolute Gasteiger partial charge is 0.481 e. The summed E-state index contributed by atoms with van der Waals surface area (Å²) in [6.07, 6.45) is 0. The van der Waals surface area contributed by atoms with Crippen molar-refractivity contribution >= 4 is 23.6 Å². The summed E-state index contributed by atoms with van der Waals surface area (Å²) < 4.78 is 0.